The molecule has 2 aliphatic rings. The summed E-state index contributed by atoms with van der Waals surface area (Å²) >= 11 is 1.03. The van der Waals surface area contributed by atoms with Crippen LogP contribution in [0, 0.1) is 6.92 Å². The van der Waals surface area contributed by atoms with Crippen molar-refractivity contribution in [3.05, 3.63) is 22.3 Å². The van der Waals surface area contributed by atoms with Crippen LogP contribution < -0.4 is 5.32 Å². The van der Waals surface area contributed by atoms with Gasteiger partial charge in [-0.05, 0) is 44.6 Å². The summed E-state index contributed by atoms with van der Waals surface area (Å²) in [7, 11) is 0. The van der Waals surface area contributed by atoms with Crippen LogP contribution in [-0.4, -0.2) is 48.9 Å². The molecule has 0 spiro atoms. The largest absolute Gasteiger partial charge is 0.410 e. The van der Waals surface area contributed by atoms with Gasteiger partial charge in [-0.3, -0.25) is 4.79 Å². The number of fused-ring (bicyclic) bond motifs is 1. The topological polar surface area (TPSA) is 75.9 Å². The number of carbonyl (C=O) groups is 1. The third-order valence-corrected chi connectivity index (χ3v) is 5.92. The predicted octanol–water partition coefficient (Wildman–Crippen LogP) is 3.33. The van der Waals surface area contributed by atoms with Crippen molar-refractivity contribution < 1.29 is 18.0 Å². The second kappa shape index (κ2) is 6.47. The number of halogens is 3. The highest BCUT2D eigenvalue weighted by molar-refractivity contribution is 7.07. The lowest BCUT2D eigenvalue weighted by Gasteiger charge is -2.31. The minimum atomic E-state index is -4.37. The molecule has 0 saturated carbocycles. The SMILES string of the molecule is Cc1nnsc1C(=O)N1CCC[C@H]1c1cc2n(n1)[C@@H](C(F)(F)F)C[C@@H](C)N2. The molecule has 2 aliphatic heterocycles. The van der Waals surface area contributed by atoms with Crippen LogP contribution in [0.3, 0.4) is 0 Å². The Morgan fingerprint density at radius 3 is 2.85 bits per heavy atom. The number of hydrogen-bond donors (Lipinski definition) is 1. The third-order valence-electron chi connectivity index (χ3n) is 5.10. The zero-order valence-corrected chi connectivity index (χ0v) is 15.6. The molecule has 0 aliphatic carbocycles. The van der Waals surface area contributed by atoms with E-state index in [0.717, 1.165) is 22.6 Å². The van der Waals surface area contributed by atoms with Crippen molar-refractivity contribution in [2.45, 2.75) is 57.4 Å². The van der Waals surface area contributed by atoms with Gasteiger partial charge in [0, 0.05) is 18.7 Å². The van der Waals surface area contributed by atoms with E-state index in [1.165, 1.54) is 0 Å². The number of aryl methyl sites for hydroxylation is 1. The summed E-state index contributed by atoms with van der Waals surface area (Å²) in [5.41, 5.74) is 1.05. The van der Waals surface area contributed by atoms with Crippen LogP contribution in [0.5, 0.6) is 0 Å². The molecule has 0 aromatic carbocycles. The number of alkyl halides is 3. The fourth-order valence-electron chi connectivity index (χ4n) is 3.82. The Hall–Kier alpha value is -2.17. The van der Waals surface area contributed by atoms with E-state index < -0.39 is 12.2 Å². The molecule has 2 aromatic heterocycles. The van der Waals surface area contributed by atoms with Crippen LogP contribution in [0.4, 0.5) is 19.0 Å². The number of amides is 1. The van der Waals surface area contributed by atoms with Gasteiger partial charge in [-0.25, -0.2) is 4.68 Å². The summed E-state index contributed by atoms with van der Waals surface area (Å²) in [4.78, 5) is 15.0. The van der Waals surface area contributed by atoms with E-state index in [0.29, 0.717) is 35.0 Å². The highest BCUT2D eigenvalue weighted by Crippen LogP contribution is 2.41. The van der Waals surface area contributed by atoms with Crippen molar-refractivity contribution in [1.29, 1.82) is 0 Å². The average Bonchev–Trinajstić information content (AvgIpc) is 3.30. The highest BCUT2D eigenvalue weighted by Gasteiger charge is 2.46. The second-order valence-corrected chi connectivity index (χ2v) is 7.84. The molecule has 4 rings (SSSR count). The number of likely N-dealkylation sites (tertiary alicyclic amines) is 1. The first-order valence-corrected chi connectivity index (χ1v) is 9.55. The first kappa shape index (κ1) is 18.2. The molecule has 1 N–H and O–H groups in total. The number of anilines is 1. The minimum Gasteiger partial charge on any atom is -0.368 e. The van der Waals surface area contributed by atoms with Crippen LogP contribution in [0.15, 0.2) is 6.07 Å². The lowest BCUT2D eigenvalue weighted by Crippen LogP contribution is -2.38. The molecule has 1 amide bonds. The molecule has 11 heteroatoms. The van der Waals surface area contributed by atoms with Crippen LogP contribution in [0.1, 0.15) is 59.3 Å². The van der Waals surface area contributed by atoms with Gasteiger partial charge in [-0.2, -0.15) is 18.3 Å². The lowest BCUT2D eigenvalue weighted by atomic mass is 10.1. The molecule has 0 unspecified atom stereocenters. The molecule has 7 nitrogen and oxygen atoms in total. The van der Waals surface area contributed by atoms with Crippen molar-refractivity contribution in [2.75, 3.05) is 11.9 Å². The maximum Gasteiger partial charge on any atom is 0.410 e. The lowest BCUT2D eigenvalue weighted by molar-refractivity contribution is -0.173. The number of rotatable bonds is 2. The third kappa shape index (κ3) is 3.17. The number of hydrogen-bond acceptors (Lipinski definition) is 6. The Morgan fingerprint density at radius 1 is 1.41 bits per heavy atom. The van der Waals surface area contributed by atoms with E-state index in [2.05, 4.69) is 20.0 Å². The highest BCUT2D eigenvalue weighted by atomic mass is 32.1. The molecule has 4 heterocycles. The number of nitrogens with one attached hydrogen (secondary N) is 1. The van der Waals surface area contributed by atoms with Crippen molar-refractivity contribution in [2.24, 2.45) is 0 Å². The fourth-order valence-corrected chi connectivity index (χ4v) is 4.43. The standard InChI is InChI=1S/C16H19F3N6OS/c1-8-6-12(16(17,18)19)25-13(20-8)7-10(22-25)11-4-3-5-24(11)15(26)14-9(2)21-23-27-14/h7-8,11-12,20H,3-6H2,1-2H3/t8-,11+,12-/m1/s1. The van der Waals surface area contributed by atoms with E-state index in [1.807, 2.05) is 0 Å². The summed E-state index contributed by atoms with van der Waals surface area (Å²) in [6.45, 7) is 3.98. The van der Waals surface area contributed by atoms with E-state index in [9.17, 15) is 18.0 Å². The molecule has 2 aromatic rings. The molecule has 146 valence electrons. The van der Waals surface area contributed by atoms with Gasteiger partial charge in [-0.1, -0.05) is 4.49 Å². The molecule has 27 heavy (non-hydrogen) atoms. The average molecular weight is 400 g/mol. The summed E-state index contributed by atoms with van der Waals surface area (Å²) in [5.74, 6) is 0.158. The van der Waals surface area contributed by atoms with Gasteiger partial charge in [0.05, 0.1) is 17.4 Å². The maximum atomic E-state index is 13.4. The Morgan fingerprint density at radius 2 is 2.19 bits per heavy atom. The predicted molar refractivity (Wildman–Crippen MR) is 92.7 cm³/mol. The molecular formula is C16H19F3N6OS. The van der Waals surface area contributed by atoms with Crippen molar-refractivity contribution >= 4 is 23.3 Å². The Labute approximate surface area is 157 Å². The van der Waals surface area contributed by atoms with Gasteiger partial charge >= 0.3 is 6.18 Å². The van der Waals surface area contributed by atoms with Gasteiger partial charge in [0.2, 0.25) is 0 Å². The van der Waals surface area contributed by atoms with Gasteiger partial charge in [0.15, 0.2) is 6.04 Å². The van der Waals surface area contributed by atoms with Crippen molar-refractivity contribution in [1.82, 2.24) is 24.3 Å². The van der Waals surface area contributed by atoms with E-state index in [4.69, 9.17) is 0 Å². The summed E-state index contributed by atoms with van der Waals surface area (Å²) < 4.78 is 45.2. The Kier molecular flexibility index (Phi) is 4.36. The maximum absolute atomic E-state index is 13.4. The molecule has 0 radical (unpaired) electrons. The van der Waals surface area contributed by atoms with Crippen molar-refractivity contribution in [3.8, 4) is 0 Å². The fraction of sp³-hybridized carbons (Fsp3) is 0.625. The van der Waals surface area contributed by atoms with Gasteiger partial charge < -0.3 is 10.2 Å². The van der Waals surface area contributed by atoms with Crippen LogP contribution in [0.25, 0.3) is 0 Å². The summed E-state index contributed by atoms with van der Waals surface area (Å²) in [6, 6.07) is -0.664. The molecule has 1 saturated heterocycles. The summed E-state index contributed by atoms with van der Waals surface area (Å²) in [6.07, 6.45) is -3.00. The zero-order valence-electron chi connectivity index (χ0n) is 14.8. The van der Waals surface area contributed by atoms with Gasteiger partial charge in [0.25, 0.3) is 5.91 Å². The Balaban J connectivity index is 1.66. The molecule has 1 fully saturated rings. The normalized spacial score (nSPS) is 25.4. The van der Waals surface area contributed by atoms with Gasteiger partial charge in [0.1, 0.15) is 10.7 Å². The number of aromatic nitrogens is 4. The van der Waals surface area contributed by atoms with Crippen molar-refractivity contribution in [3.63, 3.8) is 0 Å². The summed E-state index contributed by atoms with van der Waals surface area (Å²) in [5, 5.41) is 11.2. The van der Waals surface area contributed by atoms with E-state index in [-0.39, 0.29) is 24.4 Å². The van der Waals surface area contributed by atoms with Crippen LogP contribution >= 0.6 is 11.5 Å². The van der Waals surface area contributed by atoms with Crippen LogP contribution in [0.2, 0.25) is 0 Å². The Bertz CT molecular complexity index is 863. The molecule has 3 atom stereocenters. The van der Waals surface area contributed by atoms with Crippen LogP contribution in [-0.2, 0) is 0 Å². The van der Waals surface area contributed by atoms with E-state index in [1.54, 1.807) is 24.8 Å². The monoisotopic (exact) mass is 400 g/mol. The zero-order chi connectivity index (χ0) is 19.3. The number of carbonyl (C=O) groups excluding carboxylic acids is 1. The second-order valence-electron chi connectivity index (χ2n) is 7.08. The minimum absolute atomic E-state index is 0.0728. The molecular weight excluding hydrogens is 381 g/mol. The quantitative estimate of drug-likeness (QED) is 0.837. The number of nitrogens with zero attached hydrogens (tertiary/aromatic N) is 5. The van der Waals surface area contributed by atoms with Gasteiger partial charge in [-0.15, -0.1) is 5.10 Å². The molecule has 0 bridgehead atoms. The first-order valence-electron chi connectivity index (χ1n) is 8.78. The smallest absolute Gasteiger partial charge is 0.368 e. The van der Waals surface area contributed by atoms with E-state index >= 15 is 0 Å². The first-order chi connectivity index (χ1) is 12.8.